The second kappa shape index (κ2) is 3.18. The molecule has 0 atom stereocenters. The van der Waals surface area contributed by atoms with Gasteiger partial charge in [-0.25, -0.2) is 8.42 Å². The highest BCUT2D eigenvalue weighted by atomic mass is 32.2. The second-order valence-electron chi connectivity index (χ2n) is 3.94. The summed E-state index contributed by atoms with van der Waals surface area (Å²) in [5.41, 5.74) is 0.483. The molecule has 6 heteroatoms. The molecule has 4 nitrogen and oxygen atoms in total. The molecule has 2 aromatic heterocycles. The minimum Gasteiger partial charge on any atom is -0.344 e. The van der Waals surface area contributed by atoms with Gasteiger partial charge in [-0.2, -0.15) is 0 Å². The number of H-pyrrole nitrogens is 1. The summed E-state index contributed by atoms with van der Waals surface area (Å²) in [6, 6.07) is 3.32. The smallest absolute Gasteiger partial charge is 0.190 e. The zero-order chi connectivity index (χ0) is 11.3. The lowest BCUT2D eigenvalue weighted by atomic mass is 10.4. The number of thiophene rings is 1. The predicted octanol–water partition coefficient (Wildman–Crippen LogP) is 1.98. The molecule has 1 fully saturated rings. The standard InChI is InChI=1S/C10H9NO3S2/c12-5-7-3-6-4-9(15-10(6)11-7)16(13,14)8-1-2-8/h3-5,8,11H,1-2H2. The van der Waals surface area contributed by atoms with E-state index in [1.54, 1.807) is 12.1 Å². The summed E-state index contributed by atoms with van der Waals surface area (Å²) in [6.07, 6.45) is 2.27. The van der Waals surface area contributed by atoms with Gasteiger partial charge in [-0.3, -0.25) is 4.79 Å². The molecule has 1 aliphatic carbocycles. The molecule has 0 radical (unpaired) electrons. The van der Waals surface area contributed by atoms with Crippen molar-refractivity contribution in [1.82, 2.24) is 4.98 Å². The summed E-state index contributed by atoms with van der Waals surface area (Å²) < 4.78 is 24.3. The Kier molecular flexibility index (Phi) is 1.99. The highest BCUT2D eigenvalue weighted by Crippen LogP contribution is 2.38. The lowest BCUT2D eigenvalue weighted by Crippen LogP contribution is -2.04. The Labute approximate surface area is 96.2 Å². The van der Waals surface area contributed by atoms with Crippen molar-refractivity contribution in [2.45, 2.75) is 22.3 Å². The van der Waals surface area contributed by atoms with Crippen molar-refractivity contribution in [3.05, 3.63) is 17.8 Å². The fraction of sp³-hybridized carbons (Fsp3) is 0.300. The molecule has 1 saturated carbocycles. The van der Waals surface area contributed by atoms with Crippen molar-refractivity contribution in [2.24, 2.45) is 0 Å². The van der Waals surface area contributed by atoms with Gasteiger partial charge in [-0.1, -0.05) is 0 Å². The molecule has 0 amide bonds. The van der Waals surface area contributed by atoms with Crippen LogP contribution in [0.4, 0.5) is 0 Å². The number of rotatable bonds is 3. The third-order valence-corrected chi connectivity index (χ3v) is 6.51. The van der Waals surface area contributed by atoms with Crippen LogP contribution in [0, 0.1) is 0 Å². The average Bonchev–Trinajstić information content (AvgIpc) is 2.91. The van der Waals surface area contributed by atoms with Crippen molar-refractivity contribution in [2.75, 3.05) is 0 Å². The fourth-order valence-electron chi connectivity index (χ4n) is 1.67. The number of sulfone groups is 1. The van der Waals surface area contributed by atoms with Crippen LogP contribution in [-0.2, 0) is 9.84 Å². The van der Waals surface area contributed by atoms with Crippen LogP contribution >= 0.6 is 11.3 Å². The molecule has 0 aliphatic heterocycles. The maximum Gasteiger partial charge on any atom is 0.190 e. The first-order valence-electron chi connectivity index (χ1n) is 4.93. The van der Waals surface area contributed by atoms with E-state index >= 15 is 0 Å². The van der Waals surface area contributed by atoms with E-state index in [1.165, 1.54) is 11.3 Å². The Morgan fingerprint density at radius 3 is 2.69 bits per heavy atom. The van der Waals surface area contributed by atoms with Crippen LogP contribution in [0.2, 0.25) is 0 Å². The van der Waals surface area contributed by atoms with E-state index in [0.717, 1.165) is 29.3 Å². The van der Waals surface area contributed by atoms with Crippen molar-refractivity contribution in [3.8, 4) is 0 Å². The van der Waals surface area contributed by atoms with Gasteiger partial charge in [0, 0.05) is 5.39 Å². The van der Waals surface area contributed by atoms with Crippen molar-refractivity contribution < 1.29 is 13.2 Å². The Bertz CT molecular complexity index is 630. The molecule has 84 valence electrons. The monoisotopic (exact) mass is 255 g/mol. The van der Waals surface area contributed by atoms with Crippen LogP contribution in [0.15, 0.2) is 16.3 Å². The maximum atomic E-state index is 11.9. The van der Waals surface area contributed by atoms with Gasteiger partial charge in [0.25, 0.3) is 0 Å². The van der Waals surface area contributed by atoms with Gasteiger partial charge < -0.3 is 4.98 Å². The molecular formula is C10H9NO3S2. The summed E-state index contributed by atoms with van der Waals surface area (Å²) in [4.78, 5) is 14.2. The van der Waals surface area contributed by atoms with E-state index in [0.29, 0.717) is 9.90 Å². The predicted molar refractivity (Wildman–Crippen MR) is 61.8 cm³/mol. The van der Waals surface area contributed by atoms with Gasteiger partial charge in [0.1, 0.15) is 9.04 Å². The van der Waals surface area contributed by atoms with Crippen molar-refractivity contribution in [1.29, 1.82) is 0 Å². The number of nitrogens with one attached hydrogen (secondary N) is 1. The Morgan fingerprint density at radius 2 is 2.12 bits per heavy atom. The maximum absolute atomic E-state index is 11.9. The fourth-order valence-corrected chi connectivity index (χ4v) is 4.96. The van der Waals surface area contributed by atoms with E-state index in [9.17, 15) is 13.2 Å². The van der Waals surface area contributed by atoms with Gasteiger partial charge in [0.2, 0.25) is 0 Å². The molecule has 0 unspecified atom stereocenters. The number of carbonyl (C=O) groups is 1. The summed E-state index contributed by atoms with van der Waals surface area (Å²) in [7, 11) is -3.11. The normalized spacial score (nSPS) is 16.8. The van der Waals surface area contributed by atoms with Crippen LogP contribution < -0.4 is 0 Å². The van der Waals surface area contributed by atoms with Crippen molar-refractivity contribution in [3.63, 3.8) is 0 Å². The number of fused-ring (bicyclic) bond motifs is 1. The first-order valence-corrected chi connectivity index (χ1v) is 7.29. The summed E-state index contributed by atoms with van der Waals surface area (Å²) in [5.74, 6) is 0. The molecule has 1 N–H and O–H groups in total. The highest BCUT2D eigenvalue weighted by Gasteiger charge is 2.38. The second-order valence-corrected chi connectivity index (χ2v) is 7.44. The zero-order valence-corrected chi connectivity index (χ0v) is 9.90. The van der Waals surface area contributed by atoms with Crippen LogP contribution in [0.3, 0.4) is 0 Å². The van der Waals surface area contributed by atoms with Crippen LogP contribution in [0.5, 0.6) is 0 Å². The number of aromatic nitrogens is 1. The van der Waals surface area contributed by atoms with E-state index in [-0.39, 0.29) is 5.25 Å². The molecule has 16 heavy (non-hydrogen) atoms. The zero-order valence-electron chi connectivity index (χ0n) is 8.26. The Morgan fingerprint density at radius 1 is 1.38 bits per heavy atom. The first-order chi connectivity index (χ1) is 7.61. The summed E-state index contributed by atoms with van der Waals surface area (Å²) in [5, 5.41) is 0.618. The molecule has 2 heterocycles. The number of aldehydes is 1. The molecule has 3 rings (SSSR count). The lowest BCUT2D eigenvalue weighted by molar-refractivity contribution is 0.112. The van der Waals surface area contributed by atoms with E-state index in [4.69, 9.17) is 0 Å². The SMILES string of the molecule is O=Cc1cc2cc(S(=O)(=O)C3CC3)sc2[nH]1. The molecular weight excluding hydrogens is 246 g/mol. The van der Waals surface area contributed by atoms with Crippen molar-refractivity contribution >= 4 is 37.7 Å². The number of hydrogen-bond donors (Lipinski definition) is 1. The van der Waals surface area contributed by atoms with Crippen LogP contribution in [0.1, 0.15) is 23.3 Å². The average molecular weight is 255 g/mol. The molecule has 0 saturated heterocycles. The molecule has 0 bridgehead atoms. The molecule has 2 aromatic rings. The third-order valence-electron chi connectivity index (χ3n) is 2.68. The van der Waals surface area contributed by atoms with Crippen LogP contribution in [-0.4, -0.2) is 24.9 Å². The Balaban J connectivity index is 2.12. The van der Waals surface area contributed by atoms with Gasteiger partial charge >= 0.3 is 0 Å². The van der Waals surface area contributed by atoms with E-state index in [1.807, 2.05) is 0 Å². The molecule has 1 aliphatic rings. The van der Waals surface area contributed by atoms with Gasteiger partial charge in [-0.15, -0.1) is 11.3 Å². The minimum absolute atomic E-state index is 0.180. The number of aromatic amines is 1. The topological polar surface area (TPSA) is 67.0 Å². The quantitative estimate of drug-likeness (QED) is 0.853. The first kappa shape index (κ1) is 10.0. The van der Waals surface area contributed by atoms with Gasteiger partial charge in [0.05, 0.1) is 10.9 Å². The lowest BCUT2D eigenvalue weighted by Gasteiger charge is -1.95. The summed E-state index contributed by atoms with van der Waals surface area (Å²) >= 11 is 1.21. The molecule has 0 aromatic carbocycles. The highest BCUT2D eigenvalue weighted by molar-refractivity contribution is 7.94. The van der Waals surface area contributed by atoms with Gasteiger partial charge in [0.15, 0.2) is 16.1 Å². The molecule has 0 spiro atoms. The van der Waals surface area contributed by atoms with E-state index in [2.05, 4.69) is 4.98 Å². The van der Waals surface area contributed by atoms with E-state index < -0.39 is 9.84 Å². The minimum atomic E-state index is -3.11. The number of carbonyl (C=O) groups excluding carboxylic acids is 1. The number of hydrogen-bond acceptors (Lipinski definition) is 4. The van der Waals surface area contributed by atoms with Crippen LogP contribution in [0.25, 0.3) is 10.2 Å². The summed E-state index contributed by atoms with van der Waals surface area (Å²) in [6.45, 7) is 0. The largest absolute Gasteiger partial charge is 0.344 e. The van der Waals surface area contributed by atoms with Gasteiger partial charge in [-0.05, 0) is 25.0 Å². The third kappa shape index (κ3) is 1.41. The Hall–Kier alpha value is -1.14.